The second-order valence-electron chi connectivity index (χ2n) is 3.98. The van der Waals surface area contributed by atoms with Gasteiger partial charge in [-0.1, -0.05) is 0 Å². The van der Waals surface area contributed by atoms with Gasteiger partial charge in [0.1, 0.15) is 5.75 Å². The van der Waals surface area contributed by atoms with Crippen LogP contribution in [0.25, 0.3) is 0 Å². The SMILES string of the molecule is C#CCCCOc1cc(C)c(S(=O)(=O)Cl)c(C)c1. The second-order valence-corrected chi connectivity index (χ2v) is 6.48. The minimum atomic E-state index is -3.72. The summed E-state index contributed by atoms with van der Waals surface area (Å²) in [6, 6.07) is 3.33. The first kappa shape index (κ1) is 14.9. The summed E-state index contributed by atoms with van der Waals surface area (Å²) in [5, 5.41) is 0. The number of benzene rings is 1. The van der Waals surface area contributed by atoms with Gasteiger partial charge in [0.05, 0.1) is 11.5 Å². The van der Waals surface area contributed by atoms with Gasteiger partial charge in [-0.2, -0.15) is 0 Å². The van der Waals surface area contributed by atoms with E-state index in [9.17, 15) is 8.42 Å². The first-order chi connectivity index (χ1) is 8.36. The Kier molecular flexibility index (Phi) is 5.06. The molecule has 0 aliphatic heterocycles. The number of hydrogen-bond donors (Lipinski definition) is 0. The number of aryl methyl sites for hydroxylation is 2. The van der Waals surface area contributed by atoms with E-state index in [0.29, 0.717) is 29.9 Å². The van der Waals surface area contributed by atoms with Crippen molar-refractivity contribution in [1.29, 1.82) is 0 Å². The molecule has 0 aromatic heterocycles. The molecule has 0 saturated carbocycles. The van der Waals surface area contributed by atoms with Gasteiger partial charge in [-0.05, 0) is 43.5 Å². The average Bonchev–Trinajstić information content (AvgIpc) is 2.21. The maximum Gasteiger partial charge on any atom is 0.261 e. The van der Waals surface area contributed by atoms with Crippen LogP contribution >= 0.6 is 10.7 Å². The van der Waals surface area contributed by atoms with Crippen molar-refractivity contribution in [3.05, 3.63) is 23.3 Å². The summed E-state index contributed by atoms with van der Waals surface area (Å²) in [6.07, 6.45) is 6.56. The summed E-state index contributed by atoms with van der Waals surface area (Å²) in [7, 11) is 1.66. The Hall–Kier alpha value is -1.18. The van der Waals surface area contributed by atoms with Crippen molar-refractivity contribution in [2.45, 2.75) is 31.6 Å². The molecule has 0 aliphatic rings. The van der Waals surface area contributed by atoms with Crippen LogP contribution in [-0.2, 0) is 9.05 Å². The number of halogens is 1. The van der Waals surface area contributed by atoms with Gasteiger partial charge in [0, 0.05) is 17.1 Å². The molecule has 0 aliphatic carbocycles. The van der Waals surface area contributed by atoms with E-state index < -0.39 is 9.05 Å². The lowest BCUT2D eigenvalue weighted by atomic mass is 10.1. The monoisotopic (exact) mass is 286 g/mol. The number of ether oxygens (including phenoxy) is 1. The largest absolute Gasteiger partial charge is 0.494 e. The zero-order valence-corrected chi connectivity index (χ0v) is 11.9. The van der Waals surface area contributed by atoms with Crippen molar-refractivity contribution < 1.29 is 13.2 Å². The average molecular weight is 287 g/mol. The molecular formula is C13H15ClO3S. The summed E-state index contributed by atoms with van der Waals surface area (Å²) < 4.78 is 28.3. The van der Waals surface area contributed by atoms with Crippen molar-refractivity contribution in [1.82, 2.24) is 0 Å². The van der Waals surface area contributed by atoms with Crippen molar-refractivity contribution in [3.8, 4) is 18.1 Å². The third-order valence-corrected chi connectivity index (χ3v) is 4.01. The molecule has 5 heteroatoms. The Balaban J connectivity index is 2.91. The van der Waals surface area contributed by atoms with Crippen LogP contribution in [0.2, 0.25) is 0 Å². The molecule has 98 valence electrons. The van der Waals surface area contributed by atoms with Crippen LogP contribution in [0.15, 0.2) is 17.0 Å². The molecule has 0 N–H and O–H groups in total. The molecule has 0 radical (unpaired) electrons. The molecule has 0 saturated heterocycles. The minimum Gasteiger partial charge on any atom is -0.494 e. The van der Waals surface area contributed by atoms with Gasteiger partial charge in [0.25, 0.3) is 9.05 Å². The van der Waals surface area contributed by atoms with Crippen LogP contribution < -0.4 is 4.74 Å². The van der Waals surface area contributed by atoms with E-state index in [-0.39, 0.29) is 4.90 Å². The van der Waals surface area contributed by atoms with E-state index in [1.165, 1.54) is 0 Å². The molecule has 1 aromatic carbocycles. The molecule has 3 nitrogen and oxygen atoms in total. The molecule has 1 aromatic rings. The van der Waals surface area contributed by atoms with Gasteiger partial charge in [0.2, 0.25) is 0 Å². The van der Waals surface area contributed by atoms with E-state index in [1.54, 1.807) is 26.0 Å². The number of hydrogen-bond acceptors (Lipinski definition) is 3. The first-order valence-electron chi connectivity index (χ1n) is 5.48. The van der Waals surface area contributed by atoms with E-state index in [0.717, 1.165) is 6.42 Å². The minimum absolute atomic E-state index is 0.153. The lowest BCUT2D eigenvalue weighted by Gasteiger charge is -2.11. The van der Waals surface area contributed by atoms with Gasteiger partial charge in [-0.3, -0.25) is 0 Å². The molecule has 0 bridgehead atoms. The highest BCUT2D eigenvalue weighted by molar-refractivity contribution is 8.13. The van der Waals surface area contributed by atoms with E-state index in [1.807, 2.05) is 0 Å². The molecule has 0 spiro atoms. The van der Waals surface area contributed by atoms with Gasteiger partial charge in [-0.15, -0.1) is 12.3 Å². The summed E-state index contributed by atoms with van der Waals surface area (Å²) >= 11 is 0. The van der Waals surface area contributed by atoms with Gasteiger partial charge in [0.15, 0.2) is 0 Å². The second kappa shape index (κ2) is 6.12. The topological polar surface area (TPSA) is 43.4 Å². The normalized spacial score (nSPS) is 11.0. The summed E-state index contributed by atoms with van der Waals surface area (Å²) in [6.45, 7) is 3.89. The lowest BCUT2D eigenvalue weighted by molar-refractivity contribution is 0.312. The van der Waals surface area contributed by atoms with Gasteiger partial charge in [-0.25, -0.2) is 8.42 Å². The fraction of sp³-hybridized carbons (Fsp3) is 0.385. The highest BCUT2D eigenvalue weighted by Crippen LogP contribution is 2.28. The van der Waals surface area contributed by atoms with E-state index in [2.05, 4.69) is 5.92 Å². The smallest absolute Gasteiger partial charge is 0.261 e. The fourth-order valence-corrected chi connectivity index (χ4v) is 3.36. The molecule has 0 fully saturated rings. The molecule has 0 heterocycles. The van der Waals surface area contributed by atoms with Crippen LogP contribution in [0.4, 0.5) is 0 Å². The van der Waals surface area contributed by atoms with Crippen molar-refractivity contribution in [2.75, 3.05) is 6.61 Å². The highest BCUT2D eigenvalue weighted by atomic mass is 35.7. The van der Waals surface area contributed by atoms with E-state index >= 15 is 0 Å². The van der Waals surface area contributed by atoms with Crippen molar-refractivity contribution >= 4 is 19.7 Å². The number of unbranched alkanes of at least 4 members (excludes halogenated alkanes) is 1. The molecule has 0 unspecified atom stereocenters. The van der Waals surface area contributed by atoms with Gasteiger partial charge >= 0.3 is 0 Å². The van der Waals surface area contributed by atoms with Crippen LogP contribution in [0.1, 0.15) is 24.0 Å². The molecule has 0 amide bonds. The summed E-state index contributed by atoms with van der Waals surface area (Å²) in [5.41, 5.74) is 1.16. The standard InChI is InChI=1S/C13H15ClO3S/c1-4-5-6-7-17-12-8-10(2)13(11(3)9-12)18(14,15)16/h1,8-9H,5-7H2,2-3H3. The number of terminal acetylenes is 1. The van der Waals surface area contributed by atoms with Crippen molar-refractivity contribution in [2.24, 2.45) is 0 Å². The Morgan fingerprint density at radius 2 is 1.89 bits per heavy atom. The molecule has 0 atom stereocenters. The van der Waals surface area contributed by atoms with Crippen LogP contribution in [0.3, 0.4) is 0 Å². The quantitative estimate of drug-likeness (QED) is 0.475. The Morgan fingerprint density at radius 3 is 2.33 bits per heavy atom. The lowest BCUT2D eigenvalue weighted by Crippen LogP contribution is -2.02. The van der Waals surface area contributed by atoms with E-state index in [4.69, 9.17) is 21.8 Å². The van der Waals surface area contributed by atoms with Crippen LogP contribution in [0.5, 0.6) is 5.75 Å². The molecule has 18 heavy (non-hydrogen) atoms. The zero-order chi connectivity index (χ0) is 13.8. The highest BCUT2D eigenvalue weighted by Gasteiger charge is 2.17. The third-order valence-electron chi connectivity index (χ3n) is 2.41. The van der Waals surface area contributed by atoms with Crippen molar-refractivity contribution in [3.63, 3.8) is 0 Å². The predicted molar refractivity (Wildman–Crippen MR) is 72.5 cm³/mol. The molecular weight excluding hydrogens is 272 g/mol. The zero-order valence-electron chi connectivity index (χ0n) is 10.4. The Bertz CT molecular complexity index is 547. The molecule has 1 rings (SSSR count). The first-order valence-corrected chi connectivity index (χ1v) is 7.79. The third kappa shape index (κ3) is 3.94. The van der Waals surface area contributed by atoms with Crippen LogP contribution in [0, 0.1) is 26.2 Å². The Labute approximate surface area is 113 Å². The maximum absolute atomic E-state index is 11.4. The fourth-order valence-electron chi connectivity index (χ4n) is 1.74. The summed E-state index contributed by atoms with van der Waals surface area (Å²) in [4.78, 5) is 0.153. The number of rotatable bonds is 5. The summed E-state index contributed by atoms with van der Waals surface area (Å²) in [5.74, 6) is 3.16. The van der Waals surface area contributed by atoms with Crippen LogP contribution in [-0.4, -0.2) is 15.0 Å². The van der Waals surface area contributed by atoms with Gasteiger partial charge < -0.3 is 4.74 Å². The maximum atomic E-state index is 11.4. The Morgan fingerprint density at radius 1 is 1.33 bits per heavy atom. The predicted octanol–water partition coefficient (Wildman–Crippen LogP) is 3.02.